The zero-order valence-corrected chi connectivity index (χ0v) is 14.4. The van der Waals surface area contributed by atoms with Gasteiger partial charge in [0.25, 0.3) is 0 Å². The molecule has 2 N–H and O–H groups in total. The van der Waals surface area contributed by atoms with Crippen LogP contribution in [0, 0.1) is 0 Å². The molecule has 1 unspecified atom stereocenters. The number of rotatable bonds is 7. The van der Waals surface area contributed by atoms with Crippen LogP contribution in [0.3, 0.4) is 0 Å². The molecule has 0 radical (unpaired) electrons. The molecule has 21 heavy (non-hydrogen) atoms. The van der Waals surface area contributed by atoms with Gasteiger partial charge in [-0.3, -0.25) is 9.69 Å². The van der Waals surface area contributed by atoms with Crippen LogP contribution in [0.4, 0.5) is 0 Å². The molecule has 1 aliphatic heterocycles. The van der Waals surface area contributed by atoms with Crippen molar-refractivity contribution in [3.8, 4) is 0 Å². The maximum absolute atomic E-state index is 11.9. The number of hydrogen-bond donors (Lipinski definition) is 2. The van der Waals surface area contributed by atoms with E-state index in [0.717, 1.165) is 6.54 Å². The minimum Gasteiger partial charge on any atom is -0.355 e. The number of hydrogen-bond acceptors (Lipinski definition) is 5. The molecule has 0 aliphatic carbocycles. The van der Waals surface area contributed by atoms with E-state index in [0.29, 0.717) is 25.2 Å². The minimum absolute atomic E-state index is 0.0601. The molecule has 1 atom stereocenters. The molecule has 6 nitrogen and oxygen atoms in total. The molecule has 0 aromatic heterocycles. The van der Waals surface area contributed by atoms with Crippen molar-refractivity contribution in [2.24, 2.45) is 0 Å². The highest BCUT2D eigenvalue weighted by atomic mass is 32.2. The first kappa shape index (κ1) is 18.4. The van der Waals surface area contributed by atoms with Crippen molar-refractivity contribution in [3.05, 3.63) is 0 Å². The Morgan fingerprint density at radius 3 is 2.43 bits per heavy atom. The first-order valence-electron chi connectivity index (χ1n) is 7.67. The largest absolute Gasteiger partial charge is 0.355 e. The molecule has 0 aromatic rings. The van der Waals surface area contributed by atoms with E-state index in [2.05, 4.69) is 43.2 Å². The second-order valence-electron chi connectivity index (χ2n) is 6.24. The van der Waals surface area contributed by atoms with E-state index >= 15 is 0 Å². The van der Waals surface area contributed by atoms with Crippen molar-refractivity contribution in [1.82, 2.24) is 15.5 Å². The third-order valence-corrected chi connectivity index (χ3v) is 5.49. The van der Waals surface area contributed by atoms with E-state index in [-0.39, 0.29) is 29.9 Å². The quantitative estimate of drug-likeness (QED) is 0.690. The van der Waals surface area contributed by atoms with Gasteiger partial charge in [0, 0.05) is 44.2 Å². The van der Waals surface area contributed by atoms with Gasteiger partial charge >= 0.3 is 0 Å². The van der Waals surface area contributed by atoms with Gasteiger partial charge in [-0.15, -0.1) is 0 Å². The van der Waals surface area contributed by atoms with Crippen molar-refractivity contribution in [1.29, 1.82) is 0 Å². The molecule has 1 aliphatic rings. The molecule has 1 saturated heterocycles. The SMILES string of the molecule is CC(C)N(CCNC(=O)CC1CS(=O)(=O)CCN1)C(C)C. The maximum atomic E-state index is 11.9. The number of carbonyl (C=O) groups is 1. The molecule has 0 aromatic carbocycles. The molecule has 1 rings (SSSR count). The zero-order valence-electron chi connectivity index (χ0n) is 13.6. The lowest BCUT2D eigenvalue weighted by Crippen LogP contribution is -2.48. The van der Waals surface area contributed by atoms with Gasteiger partial charge in [0.1, 0.15) is 0 Å². The summed E-state index contributed by atoms with van der Waals surface area (Å²) < 4.78 is 23.0. The van der Waals surface area contributed by atoms with E-state index in [1.54, 1.807) is 0 Å². The topological polar surface area (TPSA) is 78.5 Å². The Kier molecular flexibility index (Phi) is 7.09. The standard InChI is InChI=1S/C14H29N3O3S/c1-11(2)17(12(3)4)7-5-16-14(18)9-13-10-21(19,20)8-6-15-13/h11-13,15H,5-10H2,1-4H3,(H,16,18). The van der Waals surface area contributed by atoms with Crippen LogP contribution in [0.1, 0.15) is 34.1 Å². The van der Waals surface area contributed by atoms with E-state index in [4.69, 9.17) is 0 Å². The van der Waals surface area contributed by atoms with Crippen LogP contribution in [0.25, 0.3) is 0 Å². The van der Waals surface area contributed by atoms with Crippen LogP contribution in [-0.2, 0) is 14.6 Å². The fourth-order valence-electron chi connectivity index (χ4n) is 2.73. The Hall–Kier alpha value is -0.660. The summed E-state index contributed by atoms with van der Waals surface area (Å²) in [5.74, 6) is 0.143. The van der Waals surface area contributed by atoms with E-state index < -0.39 is 9.84 Å². The van der Waals surface area contributed by atoms with Crippen LogP contribution in [0.2, 0.25) is 0 Å². The summed E-state index contributed by atoms with van der Waals surface area (Å²) in [6.45, 7) is 10.4. The van der Waals surface area contributed by atoms with Gasteiger partial charge in [-0.1, -0.05) is 0 Å². The summed E-state index contributed by atoms with van der Waals surface area (Å²) in [5.41, 5.74) is 0. The Morgan fingerprint density at radius 2 is 1.90 bits per heavy atom. The number of carbonyl (C=O) groups excluding carboxylic acids is 1. The fraction of sp³-hybridized carbons (Fsp3) is 0.929. The van der Waals surface area contributed by atoms with Crippen LogP contribution < -0.4 is 10.6 Å². The monoisotopic (exact) mass is 319 g/mol. The van der Waals surface area contributed by atoms with E-state index in [1.165, 1.54) is 0 Å². The summed E-state index contributed by atoms with van der Waals surface area (Å²) >= 11 is 0. The van der Waals surface area contributed by atoms with Crippen molar-refractivity contribution in [2.75, 3.05) is 31.1 Å². The van der Waals surface area contributed by atoms with Gasteiger partial charge in [-0.2, -0.15) is 0 Å². The first-order chi connectivity index (χ1) is 9.71. The van der Waals surface area contributed by atoms with Crippen molar-refractivity contribution >= 4 is 15.7 Å². The maximum Gasteiger partial charge on any atom is 0.221 e. The van der Waals surface area contributed by atoms with Gasteiger partial charge in [0.05, 0.1) is 11.5 Å². The normalized spacial score (nSPS) is 22.0. The Balaban J connectivity index is 2.31. The van der Waals surface area contributed by atoms with Crippen LogP contribution in [0.15, 0.2) is 0 Å². The third-order valence-electron chi connectivity index (χ3n) is 3.75. The smallest absolute Gasteiger partial charge is 0.221 e. The summed E-state index contributed by atoms with van der Waals surface area (Å²) in [7, 11) is -2.98. The number of nitrogens with one attached hydrogen (secondary N) is 2. The molecule has 1 fully saturated rings. The average molecular weight is 319 g/mol. The lowest BCUT2D eigenvalue weighted by molar-refractivity contribution is -0.121. The average Bonchev–Trinajstić information content (AvgIpc) is 2.32. The van der Waals surface area contributed by atoms with Gasteiger partial charge in [0.2, 0.25) is 5.91 Å². The molecule has 124 valence electrons. The highest BCUT2D eigenvalue weighted by Gasteiger charge is 2.25. The number of nitrogens with zero attached hydrogens (tertiary/aromatic N) is 1. The predicted molar refractivity (Wildman–Crippen MR) is 85.0 cm³/mol. The molecular weight excluding hydrogens is 290 g/mol. The molecule has 1 amide bonds. The first-order valence-corrected chi connectivity index (χ1v) is 9.49. The van der Waals surface area contributed by atoms with Gasteiger partial charge in [-0.05, 0) is 27.7 Å². The Bertz CT molecular complexity index is 427. The van der Waals surface area contributed by atoms with Gasteiger partial charge < -0.3 is 10.6 Å². The van der Waals surface area contributed by atoms with E-state index in [9.17, 15) is 13.2 Å². The molecule has 1 heterocycles. The van der Waals surface area contributed by atoms with Crippen molar-refractivity contribution < 1.29 is 13.2 Å². The summed E-state index contributed by atoms with van der Waals surface area (Å²) in [6.07, 6.45) is 0.225. The molecule has 0 bridgehead atoms. The fourth-order valence-corrected chi connectivity index (χ4v) is 4.18. The van der Waals surface area contributed by atoms with E-state index in [1.807, 2.05) is 0 Å². The van der Waals surface area contributed by atoms with Crippen LogP contribution in [-0.4, -0.2) is 68.5 Å². The minimum atomic E-state index is -2.98. The van der Waals surface area contributed by atoms with Gasteiger partial charge in [-0.25, -0.2) is 8.42 Å². The Morgan fingerprint density at radius 1 is 1.29 bits per heavy atom. The molecule has 0 spiro atoms. The summed E-state index contributed by atoms with van der Waals surface area (Å²) in [4.78, 5) is 14.2. The molecule has 7 heteroatoms. The number of sulfone groups is 1. The third kappa shape index (κ3) is 6.76. The second-order valence-corrected chi connectivity index (χ2v) is 8.47. The van der Waals surface area contributed by atoms with Crippen LogP contribution in [0.5, 0.6) is 0 Å². The highest BCUT2D eigenvalue weighted by molar-refractivity contribution is 7.91. The van der Waals surface area contributed by atoms with Gasteiger partial charge in [0.15, 0.2) is 9.84 Å². The zero-order chi connectivity index (χ0) is 16.0. The lowest BCUT2D eigenvalue weighted by atomic mass is 10.2. The van der Waals surface area contributed by atoms with Crippen molar-refractivity contribution in [3.63, 3.8) is 0 Å². The Labute approximate surface area is 128 Å². The summed E-state index contributed by atoms with van der Waals surface area (Å²) in [6, 6.07) is 0.620. The lowest BCUT2D eigenvalue weighted by Gasteiger charge is -2.30. The molecular formula is C14H29N3O3S. The molecule has 0 saturated carbocycles. The predicted octanol–water partition coefficient (Wildman–Crippen LogP) is -0.00190. The number of amides is 1. The van der Waals surface area contributed by atoms with Crippen molar-refractivity contribution in [2.45, 2.75) is 52.2 Å². The summed E-state index contributed by atoms with van der Waals surface area (Å²) in [5, 5.41) is 5.97. The van der Waals surface area contributed by atoms with Crippen LogP contribution >= 0.6 is 0 Å². The highest BCUT2D eigenvalue weighted by Crippen LogP contribution is 2.05. The second kappa shape index (κ2) is 8.10.